The summed E-state index contributed by atoms with van der Waals surface area (Å²) in [6.45, 7) is 2.34. The smallest absolute Gasteiger partial charge is 0.158 e. The highest BCUT2D eigenvalue weighted by Crippen LogP contribution is 2.27. The zero-order valence-electron chi connectivity index (χ0n) is 10.9. The second-order valence-corrected chi connectivity index (χ2v) is 4.24. The number of nitrogens with zero attached hydrogens (tertiary/aromatic N) is 3. The molecule has 1 aromatic carbocycles. The van der Waals surface area contributed by atoms with Crippen LogP contribution in [0.25, 0.3) is 16.9 Å². The van der Waals surface area contributed by atoms with Gasteiger partial charge in [-0.1, -0.05) is 0 Å². The SMILES string of the molecule is CCOc1ccc(-c2cc(N)nc3ccnn23)c(F)c1. The predicted octanol–water partition coefficient (Wildman–Crippen LogP) is 2.52. The van der Waals surface area contributed by atoms with Crippen LogP contribution in [0.2, 0.25) is 0 Å². The van der Waals surface area contributed by atoms with Crippen LogP contribution in [0.1, 0.15) is 6.92 Å². The summed E-state index contributed by atoms with van der Waals surface area (Å²) in [5.41, 5.74) is 7.28. The molecule has 0 fully saturated rings. The molecule has 20 heavy (non-hydrogen) atoms. The minimum atomic E-state index is -0.390. The highest BCUT2D eigenvalue weighted by molar-refractivity contribution is 5.67. The van der Waals surface area contributed by atoms with Gasteiger partial charge in [0, 0.05) is 23.8 Å². The molecule has 2 N–H and O–H groups in total. The maximum Gasteiger partial charge on any atom is 0.158 e. The van der Waals surface area contributed by atoms with E-state index in [0.717, 1.165) is 0 Å². The monoisotopic (exact) mass is 272 g/mol. The number of anilines is 1. The van der Waals surface area contributed by atoms with Gasteiger partial charge in [-0.05, 0) is 19.1 Å². The van der Waals surface area contributed by atoms with E-state index in [-0.39, 0.29) is 0 Å². The Bertz CT molecular complexity index is 769. The molecule has 3 rings (SSSR count). The summed E-state index contributed by atoms with van der Waals surface area (Å²) in [6, 6.07) is 8.03. The number of benzene rings is 1. The van der Waals surface area contributed by atoms with Crippen molar-refractivity contribution in [3.63, 3.8) is 0 Å². The highest BCUT2D eigenvalue weighted by atomic mass is 19.1. The molecule has 0 unspecified atom stereocenters. The Morgan fingerprint density at radius 3 is 2.90 bits per heavy atom. The molecule has 2 aromatic heterocycles. The lowest BCUT2D eigenvalue weighted by Gasteiger charge is -2.09. The molecule has 0 aliphatic rings. The van der Waals surface area contributed by atoms with E-state index >= 15 is 0 Å². The zero-order chi connectivity index (χ0) is 14.1. The Hall–Kier alpha value is -2.63. The first-order chi connectivity index (χ1) is 9.69. The van der Waals surface area contributed by atoms with Crippen LogP contribution in [0.5, 0.6) is 5.75 Å². The van der Waals surface area contributed by atoms with Gasteiger partial charge in [-0.15, -0.1) is 0 Å². The fraction of sp³-hybridized carbons (Fsp3) is 0.143. The maximum atomic E-state index is 14.2. The summed E-state index contributed by atoms with van der Waals surface area (Å²) in [5, 5.41) is 4.14. The minimum Gasteiger partial charge on any atom is -0.494 e. The molecule has 3 aromatic rings. The summed E-state index contributed by atoms with van der Waals surface area (Å²) < 4.78 is 21.1. The first-order valence-electron chi connectivity index (χ1n) is 6.22. The van der Waals surface area contributed by atoms with Gasteiger partial charge in [0.1, 0.15) is 17.4 Å². The van der Waals surface area contributed by atoms with E-state index in [4.69, 9.17) is 10.5 Å². The minimum absolute atomic E-state index is 0.321. The average Bonchev–Trinajstić information content (AvgIpc) is 2.86. The summed E-state index contributed by atoms with van der Waals surface area (Å²) in [5.74, 6) is 0.423. The van der Waals surface area contributed by atoms with Crippen molar-refractivity contribution in [3.8, 4) is 17.0 Å². The summed E-state index contributed by atoms with van der Waals surface area (Å²) in [7, 11) is 0. The molecule has 5 nitrogen and oxygen atoms in total. The van der Waals surface area contributed by atoms with Crippen LogP contribution in [0.3, 0.4) is 0 Å². The van der Waals surface area contributed by atoms with Crippen molar-refractivity contribution in [2.45, 2.75) is 6.92 Å². The van der Waals surface area contributed by atoms with Crippen LogP contribution < -0.4 is 10.5 Å². The standard InChI is InChI=1S/C14H13FN4O/c1-2-20-9-3-4-10(11(15)7-9)12-8-13(16)18-14-5-6-17-19(12)14/h3-8H,2H2,1H3,(H2,16,18). The third-order valence-electron chi connectivity index (χ3n) is 2.91. The number of ether oxygens (including phenoxy) is 1. The number of hydrogen-bond donors (Lipinski definition) is 1. The maximum absolute atomic E-state index is 14.2. The van der Waals surface area contributed by atoms with E-state index in [1.807, 2.05) is 6.92 Å². The molecule has 6 heteroatoms. The van der Waals surface area contributed by atoms with Gasteiger partial charge < -0.3 is 10.5 Å². The number of nitrogen functional groups attached to an aromatic ring is 1. The van der Waals surface area contributed by atoms with Crippen LogP contribution in [0.4, 0.5) is 10.2 Å². The lowest BCUT2D eigenvalue weighted by atomic mass is 10.1. The lowest BCUT2D eigenvalue weighted by molar-refractivity contribution is 0.338. The first-order valence-corrected chi connectivity index (χ1v) is 6.22. The van der Waals surface area contributed by atoms with Gasteiger partial charge in [0.15, 0.2) is 5.65 Å². The number of aromatic nitrogens is 3. The van der Waals surface area contributed by atoms with Gasteiger partial charge >= 0.3 is 0 Å². The van der Waals surface area contributed by atoms with Crippen molar-refractivity contribution < 1.29 is 9.13 Å². The molecular formula is C14H13FN4O. The lowest BCUT2D eigenvalue weighted by Crippen LogP contribution is -2.01. The van der Waals surface area contributed by atoms with Gasteiger partial charge in [-0.3, -0.25) is 0 Å². The van der Waals surface area contributed by atoms with Crippen LogP contribution in [0, 0.1) is 5.82 Å². The Labute approximate surface area is 114 Å². The second-order valence-electron chi connectivity index (χ2n) is 4.24. The Morgan fingerprint density at radius 1 is 1.30 bits per heavy atom. The fourth-order valence-corrected chi connectivity index (χ4v) is 2.08. The number of nitrogens with two attached hydrogens (primary N) is 1. The van der Waals surface area contributed by atoms with Crippen molar-refractivity contribution in [3.05, 3.63) is 42.3 Å². The normalized spacial score (nSPS) is 10.9. The van der Waals surface area contributed by atoms with Gasteiger partial charge in [0.25, 0.3) is 0 Å². The number of halogens is 1. The van der Waals surface area contributed by atoms with Crippen LogP contribution >= 0.6 is 0 Å². The molecule has 0 aliphatic heterocycles. The van der Waals surface area contributed by atoms with Crippen molar-refractivity contribution in [2.75, 3.05) is 12.3 Å². The second kappa shape index (κ2) is 4.80. The third-order valence-corrected chi connectivity index (χ3v) is 2.91. The van der Waals surface area contributed by atoms with Gasteiger partial charge in [0.2, 0.25) is 0 Å². The van der Waals surface area contributed by atoms with E-state index < -0.39 is 5.82 Å². The molecule has 0 amide bonds. The molecule has 0 saturated carbocycles. The fourth-order valence-electron chi connectivity index (χ4n) is 2.08. The quantitative estimate of drug-likeness (QED) is 0.795. The van der Waals surface area contributed by atoms with E-state index in [2.05, 4.69) is 10.1 Å². The molecule has 2 heterocycles. The van der Waals surface area contributed by atoms with Gasteiger partial charge in [-0.25, -0.2) is 13.9 Å². The molecule has 0 saturated heterocycles. The summed E-state index contributed by atoms with van der Waals surface area (Å²) >= 11 is 0. The Kier molecular flexibility index (Phi) is 2.98. The number of rotatable bonds is 3. The van der Waals surface area contributed by atoms with Crippen LogP contribution in [-0.2, 0) is 0 Å². The first kappa shape index (κ1) is 12.4. The van der Waals surface area contributed by atoms with E-state index in [9.17, 15) is 4.39 Å². The molecule has 0 aliphatic carbocycles. The molecule has 0 radical (unpaired) electrons. The van der Waals surface area contributed by atoms with Crippen molar-refractivity contribution in [2.24, 2.45) is 0 Å². The van der Waals surface area contributed by atoms with Crippen molar-refractivity contribution in [1.29, 1.82) is 0 Å². The zero-order valence-corrected chi connectivity index (χ0v) is 10.9. The van der Waals surface area contributed by atoms with Crippen LogP contribution in [0.15, 0.2) is 36.5 Å². The topological polar surface area (TPSA) is 65.4 Å². The number of fused-ring (bicyclic) bond motifs is 1. The van der Waals surface area contributed by atoms with Crippen LogP contribution in [-0.4, -0.2) is 21.2 Å². The number of hydrogen-bond acceptors (Lipinski definition) is 4. The highest BCUT2D eigenvalue weighted by Gasteiger charge is 2.12. The van der Waals surface area contributed by atoms with E-state index in [1.165, 1.54) is 6.07 Å². The molecular weight excluding hydrogens is 259 g/mol. The van der Waals surface area contributed by atoms with Crippen molar-refractivity contribution in [1.82, 2.24) is 14.6 Å². The average molecular weight is 272 g/mol. The van der Waals surface area contributed by atoms with Crippen molar-refractivity contribution >= 4 is 11.5 Å². The molecule has 0 bridgehead atoms. The Balaban J connectivity index is 2.17. The summed E-state index contributed by atoms with van der Waals surface area (Å²) in [4.78, 5) is 4.13. The van der Waals surface area contributed by atoms with Gasteiger partial charge in [0.05, 0.1) is 18.5 Å². The molecule has 0 atom stereocenters. The Morgan fingerprint density at radius 2 is 2.15 bits per heavy atom. The van der Waals surface area contributed by atoms with Gasteiger partial charge in [-0.2, -0.15) is 5.10 Å². The van der Waals surface area contributed by atoms with E-state index in [0.29, 0.717) is 35.1 Å². The molecule has 0 spiro atoms. The molecule has 102 valence electrons. The third kappa shape index (κ3) is 2.05. The van der Waals surface area contributed by atoms with E-state index in [1.54, 1.807) is 35.0 Å². The largest absolute Gasteiger partial charge is 0.494 e. The summed E-state index contributed by atoms with van der Waals surface area (Å²) in [6.07, 6.45) is 1.59. The predicted molar refractivity (Wildman–Crippen MR) is 74.0 cm³/mol.